The van der Waals surface area contributed by atoms with Crippen molar-refractivity contribution in [3.8, 4) is 0 Å². The van der Waals surface area contributed by atoms with Crippen LogP contribution in [-0.2, 0) is 9.47 Å². The Labute approximate surface area is 189 Å². The van der Waals surface area contributed by atoms with Crippen LogP contribution in [0.2, 0.25) is 0 Å². The Morgan fingerprint density at radius 1 is 1.10 bits per heavy atom. The highest BCUT2D eigenvalue weighted by atomic mass is 16.5. The maximum atomic E-state index is 6.61. The smallest absolute Gasteiger partial charge is 0.0983 e. The van der Waals surface area contributed by atoms with E-state index < -0.39 is 0 Å². The Bertz CT molecular complexity index is 714. The molecule has 3 aliphatic rings. The van der Waals surface area contributed by atoms with Crippen LogP contribution in [0.25, 0.3) is 0 Å². The molecule has 1 aliphatic carbocycles. The molecular formula is C26H43N3O2. The molecule has 2 unspecified atom stereocenters. The van der Waals surface area contributed by atoms with Crippen LogP contribution in [0.1, 0.15) is 65.9 Å². The average molecular weight is 430 g/mol. The number of hydrogen-bond acceptors (Lipinski definition) is 5. The zero-order valence-corrected chi connectivity index (χ0v) is 20.4. The van der Waals surface area contributed by atoms with E-state index in [0.29, 0.717) is 30.5 Å². The summed E-state index contributed by atoms with van der Waals surface area (Å²) in [5.74, 6) is 1.89. The molecule has 0 amide bonds. The summed E-state index contributed by atoms with van der Waals surface area (Å²) in [7, 11) is 0. The molecule has 31 heavy (non-hydrogen) atoms. The number of anilines is 1. The summed E-state index contributed by atoms with van der Waals surface area (Å²) in [5.41, 5.74) is 6.31. The summed E-state index contributed by atoms with van der Waals surface area (Å²) in [6.45, 7) is 17.9. The van der Waals surface area contributed by atoms with Crippen molar-refractivity contribution < 1.29 is 9.47 Å². The fourth-order valence-corrected chi connectivity index (χ4v) is 5.10. The van der Waals surface area contributed by atoms with Gasteiger partial charge in [-0.1, -0.05) is 26.0 Å². The number of nitrogens with one attached hydrogen (secondary N) is 1. The van der Waals surface area contributed by atoms with Crippen molar-refractivity contribution in [2.24, 2.45) is 11.8 Å². The summed E-state index contributed by atoms with van der Waals surface area (Å²) in [5, 5.41) is 2.42. The lowest BCUT2D eigenvalue weighted by Crippen LogP contribution is -2.49. The molecule has 1 aromatic carbocycles. The molecule has 2 saturated heterocycles. The first-order valence-corrected chi connectivity index (χ1v) is 12.4. The van der Waals surface area contributed by atoms with E-state index in [0.717, 1.165) is 32.2 Å². The SMILES string of the molecule is CC(C)c1ccc(N2CCO[C@H](COC(C)(C)C3CN(C(C)C)NC3C3CC3)C2)cc1. The van der Waals surface area contributed by atoms with Gasteiger partial charge in [0.05, 0.1) is 24.9 Å². The monoisotopic (exact) mass is 429 g/mol. The first-order chi connectivity index (χ1) is 14.7. The summed E-state index contributed by atoms with van der Waals surface area (Å²) in [6, 6.07) is 10.1. The molecule has 0 spiro atoms. The van der Waals surface area contributed by atoms with Crippen LogP contribution >= 0.6 is 0 Å². The third-order valence-electron chi connectivity index (χ3n) is 7.49. The van der Waals surface area contributed by atoms with Crippen molar-refractivity contribution in [1.82, 2.24) is 10.4 Å². The van der Waals surface area contributed by atoms with E-state index in [1.807, 2.05) is 0 Å². The molecule has 4 rings (SSSR count). The second kappa shape index (κ2) is 9.38. The minimum absolute atomic E-state index is 0.118. The van der Waals surface area contributed by atoms with Crippen LogP contribution in [0.15, 0.2) is 24.3 Å². The summed E-state index contributed by atoms with van der Waals surface area (Å²) < 4.78 is 12.7. The van der Waals surface area contributed by atoms with Crippen LogP contribution < -0.4 is 10.3 Å². The van der Waals surface area contributed by atoms with E-state index >= 15 is 0 Å². The highest BCUT2D eigenvalue weighted by Crippen LogP contribution is 2.43. The molecule has 0 aromatic heterocycles. The van der Waals surface area contributed by atoms with E-state index in [2.05, 4.69) is 81.1 Å². The van der Waals surface area contributed by atoms with Gasteiger partial charge in [0.1, 0.15) is 0 Å². The van der Waals surface area contributed by atoms with Crippen molar-refractivity contribution >= 4 is 5.69 Å². The van der Waals surface area contributed by atoms with E-state index in [9.17, 15) is 0 Å². The van der Waals surface area contributed by atoms with Gasteiger partial charge in [-0.05, 0) is 70.1 Å². The van der Waals surface area contributed by atoms with E-state index in [4.69, 9.17) is 9.47 Å². The largest absolute Gasteiger partial charge is 0.372 e. The Kier molecular flexibility index (Phi) is 6.97. The Hall–Kier alpha value is -1.14. The quantitative estimate of drug-likeness (QED) is 0.661. The van der Waals surface area contributed by atoms with Gasteiger partial charge in [0.25, 0.3) is 0 Å². The average Bonchev–Trinajstić information content (AvgIpc) is 3.49. The van der Waals surface area contributed by atoms with Crippen LogP contribution in [0.5, 0.6) is 0 Å². The van der Waals surface area contributed by atoms with Crippen molar-refractivity contribution in [3.63, 3.8) is 0 Å². The second-order valence-corrected chi connectivity index (χ2v) is 10.9. The molecule has 5 heteroatoms. The van der Waals surface area contributed by atoms with Crippen LogP contribution in [0.4, 0.5) is 5.69 Å². The third-order valence-corrected chi connectivity index (χ3v) is 7.49. The predicted molar refractivity (Wildman–Crippen MR) is 127 cm³/mol. The lowest BCUT2D eigenvalue weighted by Gasteiger charge is -2.39. The molecule has 2 aliphatic heterocycles. The minimum Gasteiger partial charge on any atom is -0.372 e. The van der Waals surface area contributed by atoms with Gasteiger partial charge in [0.15, 0.2) is 0 Å². The van der Waals surface area contributed by atoms with E-state index in [1.54, 1.807) is 0 Å². The first kappa shape index (κ1) is 23.0. The van der Waals surface area contributed by atoms with Gasteiger partial charge >= 0.3 is 0 Å². The maximum absolute atomic E-state index is 6.61. The van der Waals surface area contributed by atoms with Gasteiger partial charge in [-0.25, -0.2) is 5.01 Å². The summed E-state index contributed by atoms with van der Waals surface area (Å²) in [6.07, 6.45) is 2.83. The van der Waals surface area contributed by atoms with Gasteiger partial charge in [-0.15, -0.1) is 0 Å². The maximum Gasteiger partial charge on any atom is 0.0983 e. The predicted octanol–water partition coefficient (Wildman–Crippen LogP) is 4.43. The normalized spacial score (nSPS) is 28.1. The Balaban J connectivity index is 1.34. The Morgan fingerprint density at radius 2 is 1.81 bits per heavy atom. The van der Waals surface area contributed by atoms with Crippen LogP contribution in [0.3, 0.4) is 0 Å². The van der Waals surface area contributed by atoms with Crippen molar-refractivity contribution in [1.29, 1.82) is 0 Å². The van der Waals surface area contributed by atoms with Crippen molar-refractivity contribution in [2.75, 3.05) is 37.7 Å². The molecule has 0 bridgehead atoms. The number of hydrazine groups is 1. The molecule has 174 valence electrons. The molecular weight excluding hydrogens is 386 g/mol. The second-order valence-electron chi connectivity index (χ2n) is 10.9. The van der Waals surface area contributed by atoms with Crippen molar-refractivity contribution in [2.45, 2.75) is 84.1 Å². The number of ether oxygens (including phenoxy) is 2. The van der Waals surface area contributed by atoms with Crippen molar-refractivity contribution in [3.05, 3.63) is 29.8 Å². The molecule has 1 saturated carbocycles. The number of benzene rings is 1. The van der Waals surface area contributed by atoms with Gasteiger partial charge < -0.3 is 14.4 Å². The fourth-order valence-electron chi connectivity index (χ4n) is 5.10. The lowest BCUT2D eigenvalue weighted by molar-refractivity contribution is -0.109. The third kappa shape index (κ3) is 5.44. The fraction of sp³-hybridized carbons (Fsp3) is 0.769. The highest BCUT2D eigenvalue weighted by Gasteiger charge is 2.49. The van der Waals surface area contributed by atoms with Crippen LogP contribution in [-0.4, -0.2) is 61.6 Å². The number of nitrogens with zero attached hydrogens (tertiary/aromatic N) is 2. The number of rotatable bonds is 8. The number of morpholine rings is 1. The summed E-state index contributed by atoms with van der Waals surface area (Å²) in [4.78, 5) is 2.44. The standard InChI is InChI=1S/C26H43N3O2/c1-18(2)20-9-11-22(12-10-20)28-13-14-30-23(15-28)17-31-26(5,6)24-16-29(19(3)4)27-25(24)21-7-8-21/h9-12,18-19,21,23-25,27H,7-8,13-17H2,1-6H3/t23-,24?,25?/m0/s1. The first-order valence-electron chi connectivity index (χ1n) is 12.4. The molecule has 1 aromatic rings. The van der Waals surface area contributed by atoms with Gasteiger partial charge in [-0.2, -0.15) is 0 Å². The molecule has 5 nitrogen and oxygen atoms in total. The topological polar surface area (TPSA) is 37.0 Å². The molecule has 2 heterocycles. The van der Waals surface area contributed by atoms with E-state index in [1.165, 1.54) is 24.1 Å². The minimum atomic E-state index is -0.172. The van der Waals surface area contributed by atoms with Crippen LogP contribution in [0, 0.1) is 11.8 Å². The van der Waals surface area contributed by atoms with Gasteiger partial charge in [0.2, 0.25) is 0 Å². The lowest BCUT2D eigenvalue weighted by atomic mass is 9.83. The molecule has 1 N–H and O–H groups in total. The zero-order valence-electron chi connectivity index (χ0n) is 20.4. The van der Waals surface area contributed by atoms with Gasteiger partial charge in [0, 0.05) is 43.3 Å². The molecule has 3 atom stereocenters. The summed E-state index contributed by atoms with van der Waals surface area (Å²) >= 11 is 0. The molecule has 3 fully saturated rings. The molecule has 0 radical (unpaired) electrons. The van der Waals surface area contributed by atoms with Gasteiger partial charge in [-0.3, -0.25) is 5.43 Å². The highest BCUT2D eigenvalue weighted by molar-refractivity contribution is 5.48. The zero-order chi connectivity index (χ0) is 22.2. The van der Waals surface area contributed by atoms with E-state index in [-0.39, 0.29) is 11.7 Å². The number of hydrogen-bond donors (Lipinski definition) is 1. The Morgan fingerprint density at radius 3 is 2.42 bits per heavy atom.